The number of anilines is 2. The Labute approximate surface area is 138 Å². The van der Waals surface area contributed by atoms with Gasteiger partial charge in [0.05, 0.1) is 10.6 Å². The zero-order valence-corrected chi connectivity index (χ0v) is 14.4. The predicted octanol–water partition coefficient (Wildman–Crippen LogP) is 3.70. The van der Waals surface area contributed by atoms with Gasteiger partial charge >= 0.3 is 0 Å². The number of rotatable bonds is 4. The first-order chi connectivity index (χ1) is 11.0. The molecule has 0 unspecified atom stereocenters. The molecule has 0 atom stereocenters. The van der Waals surface area contributed by atoms with E-state index in [-0.39, 0.29) is 0 Å². The van der Waals surface area contributed by atoms with Crippen LogP contribution in [0.2, 0.25) is 0 Å². The standard InChI is InChI=1S/C18H22N2O2S/c1-14-9-10-16(20-11-5-6-12-20)13-17(14)19-23(21,22)18-8-4-3-7-15(18)2/h3-4,7-10,13,19H,5-6,11-12H2,1-2H3. The van der Waals surface area contributed by atoms with Crippen molar-refractivity contribution in [1.29, 1.82) is 0 Å². The van der Waals surface area contributed by atoms with E-state index in [1.165, 1.54) is 12.8 Å². The number of nitrogens with zero attached hydrogens (tertiary/aromatic N) is 1. The van der Waals surface area contributed by atoms with E-state index in [4.69, 9.17) is 0 Å². The molecule has 1 fully saturated rings. The Morgan fingerprint density at radius 1 is 0.957 bits per heavy atom. The topological polar surface area (TPSA) is 49.4 Å². The van der Waals surface area contributed by atoms with Gasteiger partial charge in [-0.3, -0.25) is 4.72 Å². The molecule has 3 rings (SSSR count). The van der Waals surface area contributed by atoms with Crippen LogP contribution in [0.3, 0.4) is 0 Å². The second-order valence-corrected chi connectivity index (χ2v) is 7.72. The predicted molar refractivity (Wildman–Crippen MR) is 94.6 cm³/mol. The monoisotopic (exact) mass is 330 g/mol. The van der Waals surface area contributed by atoms with Gasteiger partial charge in [-0.2, -0.15) is 0 Å². The molecule has 0 aromatic heterocycles. The molecule has 0 amide bonds. The van der Waals surface area contributed by atoms with Crippen LogP contribution in [-0.4, -0.2) is 21.5 Å². The molecule has 4 nitrogen and oxygen atoms in total. The summed E-state index contributed by atoms with van der Waals surface area (Å²) in [5, 5.41) is 0. The lowest BCUT2D eigenvalue weighted by atomic mass is 10.2. The van der Waals surface area contributed by atoms with Crippen molar-refractivity contribution in [3.63, 3.8) is 0 Å². The van der Waals surface area contributed by atoms with Crippen molar-refractivity contribution in [3.8, 4) is 0 Å². The quantitative estimate of drug-likeness (QED) is 0.930. The van der Waals surface area contributed by atoms with Crippen LogP contribution < -0.4 is 9.62 Å². The van der Waals surface area contributed by atoms with Crippen molar-refractivity contribution < 1.29 is 8.42 Å². The summed E-state index contributed by atoms with van der Waals surface area (Å²) < 4.78 is 28.1. The molecule has 1 aliphatic rings. The first kappa shape index (κ1) is 15.9. The van der Waals surface area contributed by atoms with Crippen LogP contribution in [0.25, 0.3) is 0 Å². The van der Waals surface area contributed by atoms with Gasteiger partial charge in [0, 0.05) is 18.8 Å². The SMILES string of the molecule is Cc1ccc(N2CCCC2)cc1NS(=O)(=O)c1ccccc1C. The van der Waals surface area contributed by atoms with Crippen LogP contribution in [0.4, 0.5) is 11.4 Å². The van der Waals surface area contributed by atoms with E-state index in [2.05, 4.69) is 15.7 Å². The van der Waals surface area contributed by atoms with Gasteiger partial charge in [0.25, 0.3) is 10.0 Å². The van der Waals surface area contributed by atoms with Gasteiger partial charge in [-0.15, -0.1) is 0 Å². The lowest BCUT2D eigenvalue weighted by Crippen LogP contribution is -2.19. The molecule has 1 heterocycles. The Bertz CT molecular complexity index is 810. The Morgan fingerprint density at radius 2 is 1.65 bits per heavy atom. The molecular weight excluding hydrogens is 308 g/mol. The minimum Gasteiger partial charge on any atom is -0.371 e. The van der Waals surface area contributed by atoms with Crippen LogP contribution in [0.5, 0.6) is 0 Å². The fourth-order valence-electron chi connectivity index (χ4n) is 2.95. The molecular formula is C18H22N2O2S. The molecule has 1 aliphatic heterocycles. The number of benzene rings is 2. The Hall–Kier alpha value is -2.01. The Morgan fingerprint density at radius 3 is 2.35 bits per heavy atom. The molecule has 1 N–H and O–H groups in total. The fourth-order valence-corrected chi connectivity index (χ4v) is 4.32. The maximum Gasteiger partial charge on any atom is 0.262 e. The largest absolute Gasteiger partial charge is 0.371 e. The molecule has 23 heavy (non-hydrogen) atoms. The van der Waals surface area contributed by atoms with Crippen LogP contribution in [0.1, 0.15) is 24.0 Å². The second kappa shape index (κ2) is 6.24. The molecule has 5 heteroatoms. The van der Waals surface area contributed by atoms with Crippen LogP contribution >= 0.6 is 0 Å². The van der Waals surface area contributed by atoms with Crippen LogP contribution in [0.15, 0.2) is 47.4 Å². The van der Waals surface area contributed by atoms with E-state index < -0.39 is 10.0 Å². The molecule has 0 saturated carbocycles. The molecule has 0 aliphatic carbocycles. The first-order valence-electron chi connectivity index (χ1n) is 7.91. The van der Waals surface area contributed by atoms with Gasteiger partial charge in [-0.05, 0) is 56.0 Å². The summed E-state index contributed by atoms with van der Waals surface area (Å²) in [6.07, 6.45) is 2.39. The van der Waals surface area contributed by atoms with E-state index in [1.807, 2.05) is 38.1 Å². The summed E-state index contributed by atoms with van der Waals surface area (Å²) in [4.78, 5) is 2.62. The third-order valence-electron chi connectivity index (χ3n) is 4.32. The van der Waals surface area contributed by atoms with Crippen molar-refractivity contribution in [1.82, 2.24) is 0 Å². The van der Waals surface area contributed by atoms with E-state index in [9.17, 15) is 8.42 Å². The van der Waals surface area contributed by atoms with Gasteiger partial charge in [0.1, 0.15) is 0 Å². The lowest BCUT2D eigenvalue weighted by molar-refractivity contribution is 0.600. The minimum absolute atomic E-state index is 0.325. The highest BCUT2D eigenvalue weighted by Gasteiger charge is 2.19. The smallest absolute Gasteiger partial charge is 0.262 e. The molecule has 0 spiro atoms. The highest BCUT2D eigenvalue weighted by Crippen LogP contribution is 2.28. The van der Waals surface area contributed by atoms with Gasteiger partial charge in [0.15, 0.2) is 0 Å². The zero-order valence-electron chi connectivity index (χ0n) is 13.5. The Balaban J connectivity index is 1.93. The molecule has 1 saturated heterocycles. The van der Waals surface area contributed by atoms with Crippen LogP contribution in [-0.2, 0) is 10.0 Å². The maximum absolute atomic E-state index is 12.7. The fraction of sp³-hybridized carbons (Fsp3) is 0.333. The average Bonchev–Trinajstić information content (AvgIpc) is 3.04. The summed E-state index contributed by atoms with van der Waals surface area (Å²) in [6.45, 7) is 5.80. The van der Waals surface area contributed by atoms with Gasteiger partial charge in [-0.1, -0.05) is 24.3 Å². The molecule has 2 aromatic carbocycles. The summed E-state index contributed by atoms with van der Waals surface area (Å²) in [5.74, 6) is 0. The molecule has 0 bridgehead atoms. The third-order valence-corrected chi connectivity index (χ3v) is 5.85. The van der Waals surface area contributed by atoms with E-state index in [0.29, 0.717) is 10.6 Å². The van der Waals surface area contributed by atoms with Crippen molar-refractivity contribution in [2.45, 2.75) is 31.6 Å². The van der Waals surface area contributed by atoms with Gasteiger partial charge < -0.3 is 4.90 Å². The van der Waals surface area contributed by atoms with Crippen molar-refractivity contribution in [3.05, 3.63) is 53.6 Å². The van der Waals surface area contributed by atoms with E-state index in [1.54, 1.807) is 12.1 Å². The highest BCUT2D eigenvalue weighted by molar-refractivity contribution is 7.92. The normalized spacial score (nSPS) is 15.0. The average molecular weight is 330 g/mol. The third kappa shape index (κ3) is 3.34. The lowest BCUT2D eigenvalue weighted by Gasteiger charge is -2.20. The summed E-state index contributed by atoms with van der Waals surface area (Å²) in [7, 11) is -3.58. The van der Waals surface area contributed by atoms with E-state index >= 15 is 0 Å². The van der Waals surface area contributed by atoms with Crippen molar-refractivity contribution in [2.75, 3.05) is 22.7 Å². The summed E-state index contributed by atoms with van der Waals surface area (Å²) in [6, 6.07) is 13.0. The van der Waals surface area contributed by atoms with Crippen LogP contribution in [0, 0.1) is 13.8 Å². The van der Waals surface area contributed by atoms with Gasteiger partial charge in [0.2, 0.25) is 0 Å². The second-order valence-electron chi connectivity index (χ2n) is 6.06. The number of hydrogen-bond acceptors (Lipinski definition) is 3. The Kier molecular flexibility index (Phi) is 4.31. The molecule has 2 aromatic rings. The summed E-state index contributed by atoms with van der Waals surface area (Å²) in [5.41, 5.74) is 3.40. The maximum atomic E-state index is 12.7. The number of aryl methyl sites for hydroxylation is 2. The minimum atomic E-state index is -3.58. The number of hydrogen-bond donors (Lipinski definition) is 1. The number of sulfonamides is 1. The molecule has 122 valence electrons. The van der Waals surface area contributed by atoms with Crippen molar-refractivity contribution in [2.24, 2.45) is 0 Å². The van der Waals surface area contributed by atoms with E-state index in [0.717, 1.165) is 29.9 Å². The van der Waals surface area contributed by atoms with Gasteiger partial charge in [-0.25, -0.2) is 8.42 Å². The molecule has 0 radical (unpaired) electrons. The summed E-state index contributed by atoms with van der Waals surface area (Å²) >= 11 is 0. The zero-order chi connectivity index (χ0) is 16.4. The number of nitrogens with one attached hydrogen (secondary N) is 1. The van der Waals surface area contributed by atoms with Crippen molar-refractivity contribution >= 4 is 21.4 Å². The first-order valence-corrected chi connectivity index (χ1v) is 9.40. The highest BCUT2D eigenvalue weighted by atomic mass is 32.2.